The second kappa shape index (κ2) is 7.50. The van der Waals surface area contributed by atoms with E-state index in [1.807, 2.05) is 0 Å². The lowest BCUT2D eigenvalue weighted by molar-refractivity contribution is -0.137. The summed E-state index contributed by atoms with van der Waals surface area (Å²) >= 11 is 0. The number of carbonyl (C=O) groups excluding carboxylic acids is 1. The highest BCUT2D eigenvalue weighted by atomic mass is 19.4. The number of benzene rings is 1. The van der Waals surface area contributed by atoms with Gasteiger partial charge in [-0.3, -0.25) is 4.79 Å². The Kier molecular flexibility index (Phi) is 5.29. The first kappa shape index (κ1) is 19.1. The molecule has 144 valence electrons. The van der Waals surface area contributed by atoms with Crippen LogP contribution in [0.2, 0.25) is 0 Å². The maximum Gasteiger partial charge on any atom is 0.416 e. The van der Waals surface area contributed by atoms with Gasteiger partial charge >= 0.3 is 6.18 Å². The number of nitrogens with zero attached hydrogens (tertiary/aromatic N) is 2. The first-order valence-electron chi connectivity index (χ1n) is 8.14. The number of hydrogen-bond donors (Lipinski definition) is 0. The normalized spacial score (nSPS) is 17.2. The predicted molar refractivity (Wildman–Crippen MR) is 84.9 cm³/mol. The van der Waals surface area contributed by atoms with Gasteiger partial charge < -0.3 is 9.64 Å². The van der Waals surface area contributed by atoms with Crippen LogP contribution in [-0.4, -0.2) is 35.0 Å². The van der Waals surface area contributed by atoms with E-state index >= 15 is 0 Å². The minimum absolute atomic E-state index is 0.0744. The molecule has 1 fully saturated rings. The Morgan fingerprint density at radius 2 is 2.00 bits per heavy atom. The molecule has 2 aromatic rings. The molecule has 0 spiro atoms. The molecular weight excluding hydrogens is 371 g/mol. The molecule has 1 unspecified atom stereocenters. The Labute approximate surface area is 151 Å². The van der Waals surface area contributed by atoms with Crippen molar-refractivity contribution in [2.75, 3.05) is 13.1 Å². The van der Waals surface area contributed by atoms with Crippen molar-refractivity contribution in [1.82, 2.24) is 9.88 Å². The van der Waals surface area contributed by atoms with Crippen molar-refractivity contribution in [3.05, 3.63) is 59.3 Å². The Hall–Kier alpha value is -2.71. The van der Waals surface area contributed by atoms with Gasteiger partial charge in [-0.25, -0.2) is 13.8 Å². The molecule has 1 aliphatic rings. The van der Waals surface area contributed by atoms with Crippen molar-refractivity contribution in [2.24, 2.45) is 0 Å². The molecule has 1 aromatic heterocycles. The Morgan fingerprint density at radius 3 is 2.70 bits per heavy atom. The number of carbonyl (C=O) groups is 1. The Balaban J connectivity index is 1.59. The van der Waals surface area contributed by atoms with Gasteiger partial charge in [0.1, 0.15) is 17.7 Å². The standard InChI is InChI=1S/C18H15F5N2O2/c19-13-2-1-11(15(20)9-13)7-17(26)25-6-4-14(10-25)27-16-8-12(3-5-24-16)18(21,22)23/h1-3,5,8-9,14H,4,6-7,10H2. The van der Waals surface area contributed by atoms with Gasteiger partial charge in [0.15, 0.2) is 0 Å². The van der Waals surface area contributed by atoms with Crippen molar-refractivity contribution >= 4 is 5.91 Å². The molecule has 3 rings (SSSR count). The topological polar surface area (TPSA) is 42.4 Å². The lowest BCUT2D eigenvalue weighted by Crippen LogP contribution is -2.32. The molecular formula is C18H15F5N2O2. The molecule has 0 saturated carbocycles. The van der Waals surface area contributed by atoms with Crippen LogP contribution in [0, 0.1) is 11.6 Å². The Bertz CT molecular complexity index is 841. The summed E-state index contributed by atoms with van der Waals surface area (Å²) in [6, 6.07) is 4.63. The van der Waals surface area contributed by atoms with Crippen molar-refractivity contribution in [2.45, 2.75) is 25.1 Å². The Morgan fingerprint density at radius 1 is 1.22 bits per heavy atom. The van der Waals surface area contributed by atoms with Gasteiger partial charge in [0.05, 0.1) is 18.5 Å². The molecule has 9 heteroatoms. The smallest absolute Gasteiger partial charge is 0.416 e. The average Bonchev–Trinajstić information content (AvgIpc) is 3.05. The van der Waals surface area contributed by atoms with Crippen LogP contribution in [-0.2, 0) is 17.4 Å². The lowest BCUT2D eigenvalue weighted by atomic mass is 10.1. The minimum Gasteiger partial charge on any atom is -0.472 e. The summed E-state index contributed by atoms with van der Waals surface area (Å²) < 4.78 is 70.2. The van der Waals surface area contributed by atoms with E-state index in [1.54, 1.807) is 0 Å². The van der Waals surface area contributed by atoms with Crippen LogP contribution in [0.3, 0.4) is 0 Å². The molecule has 1 atom stereocenters. The number of pyridine rings is 1. The highest BCUT2D eigenvalue weighted by Crippen LogP contribution is 2.31. The largest absolute Gasteiger partial charge is 0.472 e. The molecule has 1 aliphatic heterocycles. The number of halogens is 5. The van der Waals surface area contributed by atoms with E-state index in [9.17, 15) is 26.7 Å². The second-order valence-electron chi connectivity index (χ2n) is 6.16. The van der Waals surface area contributed by atoms with E-state index in [0.29, 0.717) is 19.0 Å². The van der Waals surface area contributed by atoms with Gasteiger partial charge in [0.2, 0.25) is 11.8 Å². The molecule has 0 radical (unpaired) electrons. The van der Waals surface area contributed by atoms with E-state index in [2.05, 4.69) is 4.98 Å². The maximum atomic E-state index is 13.7. The fourth-order valence-corrected chi connectivity index (χ4v) is 2.81. The van der Waals surface area contributed by atoms with Crippen molar-refractivity contribution in [3.63, 3.8) is 0 Å². The van der Waals surface area contributed by atoms with Crippen LogP contribution < -0.4 is 4.74 Å². The quantitative estimate of drug-likeness (QED) is 0.755. The molecule has 0 bridgehead atoms. The summed E-state index contributed by atoms with van der Waals surface area (Å²) in [7, 11) is 0. The van der Waals surface area contributed by atoms with Crippen LogP contribution in [0.4, 0.5) is 22.0 Å². The highest BCUT2D eigenvalue weighted by molar-refractivity contribution is 5.79. The SMILES string of the molecule is O=C(Cc1ccc(F)cc1F)N1CCC(Oc2cc(C(F)(F)F)ccn2)C1. The predicted octanol–water partition coefficient (Wildman–Crippen LogP) is 3.60. The zero-order chi connectivity index (χ0) is 19.6. The maximum absolute atomic E-state index is 13.7. The number of aromatic nitrogens is 1. The first-order chi connectivity index (χ1) is 12.7. The fourth-order valence-electron chi connectivity index (χ4n) is 2.81. The van der Waals surface area contributed by atoms with Gasteiger partial charge in [0.25, 0.3) is 0 Å². The van der Waals surface area contributed by atoms with E-state index < -0.39 is 29.5 Å². The van der Waals surface area contributed by atoms with Gasteiger partial charge in [0, 0.05) is 31.3 Å². The summed E-state index contributed by atoms with van der Waals surface area (Å²) in [5.41, 5.74) is -0.796. The number of amides is 1. The van der Waals surface area contributed by atoms with E-state index in [0.717, 1.165) is 24.4 Å². The molecule has 0 aliphatic carbocycles. The fraction of sp³-hybridized carbons (Fsp3) is 0.333. The van der Waals surface area contributed by atoms with E-state index in [4.69, 9.17) is 4.74 Å². The molecule has 27 heavy (non-hydrogen) atoms. The third-order valence-electron chi connectivity index (χ3n) is 4.20. The summed E-state index contributed by atoms with van der Waals surface area (Å²) in [5, 5.41) is 0. The highest BCUT2D eigenvalue weighted by Gasteiger charge is 2.32. The van der Waals surface area contributed by atoms with Crippen LogP contribution in [0.25, 0.3) is 0 Å². The van der Waals surface area contributed by atoms with Gasteiger partial charge in [-0.05, 0) is 17.7 Å². The number of alkyl halides is 3. The first-order valence-corrected chi connectivity index (χ1v) is 8.14. The number of hydrogen-bond acceptors (Lipinski definition) is 3. The van der Waals surface area contributed by atoms with Crippen molar-refractivity contribution in [3.8, 4) is 5.88 Å². The monoisotopic (exact) mass is 386 g/mol. The van der Waals surface area contributed by atoms with E-state index in [-0.39, 0.29) is 30.3 Å². The number of rotatable bonds is 4. The zero-order valence-corrected chi connectivity index (χ0v) is 14.0. The molecule has 4 nitrogen and oxygen atoms in total. The number of likely N-dealkylation sites (tertiary alicyclic amines) is 1. The van der Waals surface area contributed by atoms with Crippen LogP contribution in [0.5, 0.6) is 5.88 Å². The minimum atomic E-state index is -4.50. The van der Waals surface area contributed by atoms with Gasteiger partial charge in [-0.15, -0.1) is 0 Å². The molecule has 1 saturated heterocycles. The summed E-state index contributed by atoms with van der Waals surface area (Å²) in [6.07, 6.45) is -3.83. The third kappa shape index (κ3) is 4.72. The number of ether oxygens (including phenoxy) is 1. The molecule has 2 heterocycles. The van der Waals surface area contributed by atoms with Crippen LogP contribution in [0.1, 0.15) is 17.5 Å². The third-order valence-corrected chi connectivity index (χ3v) is 4.20. The van der Waals surface area contributed by atoms with Crippen molar-refractivity contribution in [1.29, 1.82) is 0 Å². The van der Waals surface area contributed by atoms with E-state index in [1.165, 1.54) is 11.0 Å². The van der Waals surface area contributed by atoms with Gasteiger partial charge in [-0.2, -0.15) is 13.2 Å². The molecule has 1 aromatic carbocycles. The summed E-state index contributed by atoms with van der Waals surface area (Å²) in [6.45, 7) is 0.477. The zero-order valence-electron chi connectivity index (χ0n) is 14.0. The summed E-state index contributed by atoms with van der Waals surface area (Å²) in [5.74, 6) is -2.08. The van der Waals surface area contributed by atoms with Gasteiger partial charge in [-0.1, -0.05) is 6.07 Å². The average molecular weight is 386 g/mol. The van der Waals surface area contributed by atoms with Crippen LogP contribution >= 0.6 is 0 Å². The molecule has 1 amide bonds. The van der Waals surface area contributed by atoms with Crippen LogP contribution in [0.15, 0.2) is 36.5 Å². The summed E-state index contributed by atoms with van der Waals surface area (Å²) in [4.78, 5) is 17.5. The molecule has 0 N–H and O–H groups in total. The lowest BCUT2D eigenvalue weighted by Gasteiger charge is -2.17. The van der Waals surface area contributed by atoms with Crippen molar-refractivity contribution < 1.29 is 31.5 Å². The second-order valence-corrected chi connectivity index (χ2v) is 6.16.